The Kier molecular flexibility index (Phi) is 11.6. The van der Waals surface area contributed by atoms with Crippen LogP contribution in [0.15, 0.2) is 88.6 Å². The zero-order valence-electron chi connectivity index (χ0n) is 30.6. The van der Waals surface area contributed by atoms with Crippen molar-refractivity contribution in [1.82, 2.24) is 9.55 Å². The van der Waals surface area contributed by atoms with Gasteiger partial charge in [0.15, 0.2) is 9.84 Å². The first-order valence-electron chi connectivity index (χ1n) is 17.2. The molecular weight excluding hydrogens is 723 g/mol. The molecule has 0 unspecified atom stereocenters. The first kappa shape index (κ1) is 38.8. The summed E-state index contributed by atoms with van der Waals surface area (Å²) in [5.41, 5.74) is -0.116. The highest BCUT2D eigenvalue weighted by molar-refractivity contribution is 7.90. The monoisotopic (exact) mass is 768 g/mol. The maximum atomic E-state index is 13.5. The Morgan fingerprint density at radius 2 is 1.55 bits per heavy atom. The Labute approximate surface area is 310 Å². The van der Waals surface area contributed by atoms with Gasteiger partial charge in [-0.25, -0.2) is 13.2 Å². The van der Waals surface area contributed by atoms with E-state index >= 15 is 0 Å². The van der Waals surface area contributed by atoms with E-state index in [0.29, 0.717) is 28.2 Å². The average Bonchev–Trinajstić information content (AvgIpc) is 3.51. The quantitative estimate of drug-likeness (QED) is 0.247. The van der Waals surface area contributed by atoms with Crippen molar-refractivity contribution in [2.24, 2.45) is 0 Å². The van der Waals surface area contributed by atoms with Crippen molar-refractivity contribution in [3.63, 3.8) is 0 Å². The average molecular weight is 769 g/mol. The van der Waals surface area contributed by atoms with E-state index in [0.717, 1.165) is 11.1 Å². The van der Waals surface area contributed by atoms with Gasteiger partial charge in [-0.1, -0.05) is 48.5 Å². The molecule has 1 saturated heterocycles. The third-order valence-electron chi connectivity index (χ3n) is 8.97. The first-order valence-corrected chi connectivity index (χ1v) is 20.1. The molecule has 3 heterocycles. The minimum absolute atomic E-state index is 0.0580. The first-order chi connectivity index (χ1) is 25.2. The highest BCUT2D eigenvalue weighted by atomic mass is 32.2. The second kappa shape index (κ2) is 15.8. The molecular formula is C38H45N2O11PS. The number of hydrogen-bond acceptors (Lipinski definition) is 11. The van der Waals surface area contributed by atoms with Crippen LogP contribution in [0.3, 0.4) is 0 Å². The van der Waals surface area contributed by atoms with Crippen LogP contribution < -0.4 is 20.7 Å². The molecule has 2 aliphatic heterocycles. The summed E-state index contributed by atoms with van der Waals surface area (Å²) in [5.74, 6) is 0.776. The molecule has 2 aliphatic rings. The van der Waals surface area contributed by atoms with E-state index in [2.05, 4.69) is 4.98 Å². The molecule has 0 amide bonds. The standard InChI is InChI=1S/C38H45N2O11PS/c1-25-22-40(36(42)39-35(25)41)34-21-32-33(49-34)23-47-38(27-10-14-30(45-5)15-11-27,28-12-16-31(46-6)17-13-28)29-9-7-8-26(20-29)24-53(43,44)19-18-48-52(50-32)51-37(2,3)4/h7-17,20,22,32-34H,18-19,21,23-24H2,1-6H3,(H,39,41,42)/t32-,33+,34+,52+/m0/s1. The molecule has 4 aromatic rings. The fourth-order valence-electron chi connectivity index (χ4n) is 6.40. The number of nitrogens with one attached hydrogen (secondary N) is 1. The number of rotatable bonds is 6. The van der Waals surface area contributed by atoms with Crippen LogP contribution in [0.2, 0.25) is 0 Å². The van der Waals surface area contributed by atoms with Gasteiger partial charge in [0.1, 0.15) is 29.4 Å². The SMILES string of the molecule is COc1ccc(C2(c3ccc(OC)cc3)OC[C@H]3O[C@@H](n4cc(C)c(=O)[nH]c4=O)C[C@@H]3O[P@](OC(C)(C)C)OCCS(=O)(=O)Cc3cccc2c3)cc1. The predicted octanol–water partition coefficient (Wildman–Crippen LogP) is 5.53. The molecule has 2 bridgehead atoms. The van der Waals surface area contributed by atoms with Crippen LogP contribution in [0.1, 0.15) is 61.2 Å². The van der Waals surface area contributed by atoms with Gasteiger partial charge in [-0.05, 0) is 74.2 Å². The molecule has 1 N–H and O–H groups in total. The molecule has 53 heavy (non-hydrogen) atoms. The molecule has 0 aliphatic carbocycles. The van der Waals surface area contributed by atoms with Gasteiger partial charge in [0.2, 0.25) is 0 Å². The third-order valence-corrected chi connectivity index (χ3v) is 12.1. The van der Waals surface area contributed by atoms with Gasteiger partial charge in [0, 0.05) is 18.2 Å². The number of ether oxygens (including phenoxy) is 4. The van der Waals surface area contributed by atoms with Crippen LogP contribution in [0.4, 0.5) is 0 Å². The number of fused-ring (bicyclic) bond motifs is 3. The molecule has 0 saturated carbocycles. The number of H-pyrrole nitrogens is 1. The Morgan fingerprint density at radius 3 is 2.15 bits per heavy atom. The lowest BCUT2D eigenvalue weighted by atomic mass is 9.79. The Hall–Kier alpha value is -3.88. The fourth-order valence-corrected chi connectivity index (χ4v) is 8.98. The van der Waals surface area contributed by atoms with E-state index < -0.39 is 59.3 Å². The lowest BCUT2D eigenvalue weighted by molar-refractivity contribution is -0.0939. The smallest absolute Gasteiger partial charge is 0.333 e. The lowest BCUT2D eigenvalue weighted by Crippen LogP contribution is -2.38. The van der Waals surface area contributed by atoms with Crippen molar-refractivity contribution in [3.8, 4) is 11.5 Å². The normalized spacial score (nSPS) is 23.3. The number of aromatic nitrogens is 2. The summed E-state index contributed by atoms with van der Waals surface area (Å²) in [6.07, 6.45) is -0.754. The number of nitrogens with zero attached hydrogens (tertiary/aromatic N) is 1. The summed E-state index contributed by atoms with van der Waals surface area (Å²) in [4.78, 5) is 27.6. The molecule has 4 atom stereocenters. The number of benzene rings is 3. The zero-order chi connectivity index (χ0) is 38.0. The second-order valence-electron chi connectivity index (χ2n) is 14.0. The molecule has 6 rings (SSSR count). The van der Waals surface area contributed by atoms with Gasteiger partial charge in [-0.3, -0.25) is 14.3 Å². The van der Waals surface area contributed by atoms with Gasteiger partial charge >= 0.3 is 14.3 Å². The number of hydrogen-bond donors (Lipinski definition) is 1. The molecule has 3 aromatic carbocycles. The van der Waals surface area contributed by atoms with Crippen LogP contribution in [0.5, 0.6) is 11.5 Å². The molecule has 284 valence electrons. The summed E-state index contributed by atoms with van der Waals surface area (Å²) in [5, 5.41) is 0. The van der Waals surface area contributed by atoms with E-state index in [1.807, 2.05) is 87.5 Å². The highest BCUT2D eigenvalue weighted by Crippen LogP contribution is 2.49. The van der Waals surface area contributed by atoms with Crippen molar-refractivity contribution in [1.29, 1.82) is 0 Å². The Morgan fingerprint density at radius 1 is 0.906 bits per heavy atom. The van der Waals surface area contributed by atoms with Crippen molar-refractivity contribution in [2.75, 3.05) is 33.2 Å². The Bertz CT molecular complexity index is 2060. The van der Waals surface area contributed by atoms with Gasteiger partial charge in [0.05, 0.1) is 50.6 Å². The predicted molar refractivity (Wildman–Crippen MR) is 199 cm³/mol. The summed E-state index contributed by atoms with van der Waals surface area (Å²) >= 11 is 0. The molecule has 0 spiro atoms. The number of aromatic amines is 1. The second-order valence-corrected chi connectivity index (χ2v) is 17.3. The third kappa shape index (κ3) is 8.92. The van der Waals surface area contributed by atoms with Crippen LogP contribution in [0.25, 0.3) is 0 Å². The van der Waals surface area contributed by atoms with Crippen molar-refractivity contribution in [3.05, 3.63) is 128 Å². The molecule has 15 heteroatoms. The molecule has 0 radical (unpaired) electrons. The van der Waals surface area contributed by atoms with E-state index in [-0.39, 0.29) is 31.1 Å². The minimum Gasteiger partial charge on any atom is -0.497 e. The van der Waals surface area contributed by atoms with Gasteiger partial charge < -0.3 is 32.5 Å². The maximum Gasteiger partial charge on any atom is 0.333 e. The molecule has 1 aromatic heterocycles. The zero-order valence-corrected chi connectivity index (χ0v) is 32.3. The van der Waals surface area contributed by atoms with Gasteiger partial charge in [0.25, 0.3) is 5.56 Å². The number of methoxy groups -OCH3 is 2. The Balaban J connectivity index is 1.52. The number of aryl methyl sites for hydroxylation is 1. The summed E-state index contributed by atoms with van der Waals surface area (Å²) < 4.78 is 71.8. The van der Waals surface area contributed by atoms with Crippen LogP contribution in [-0.2, 0) is 44.2 Å². The fraction of sp³-hybridized carbons (Fsp3) is 0.421. The number of sulfone groups is 1. The van der Waals surface area contributed by atoms with Gasteiger partial charge in [-0.15, -0.1) is 0 Å². The maximum absolute atomic E-state index is 13.5. The van der Waals surface area contributed by atoms with E-state index in [1.165, 1.54) is 10.8 Å². The summed E-state index contributed by atoms with van der Waals surface area (Å²) in [6.45, 7) is 6.91. The lowest BCUT2D eigenvalue weighted by Gasteiger charge is -2.37. The topological polar surface area (TPSA) is 154 Å². The van der Waals surface area contributed by atoms with Crippen LogP contribution in [0, 0.1) is 6.92 Å². The summed E-state index contributed by atoms with van der Waals surface area (Å²) in [7, 11) is -2.58. The van der Waals surface area contributed by atoms with Crippen molar-refractivity contribution >= 4 is 18.4 Å². The summed E-state index contributed by atoms with van der Waals surface area (Å²) in [6, 6.07) is 22.3. The van der Waals surface area contributed by atoms with E-state index in [9.17, 15) is 18.0 Å². The van der Waals surface area contributed by atoms with E-state index in [4.69, 9.17) is 32.5 Å². The largest absolute Gasteiger partial charge is 0.497 e. The van der Waals surface area contributed by atoms with E-state index in [1.54, 1.807) is 27.2 Å². The van der Waals surface area contributed by atoms with Crippen molar-refractivity contribution < 1.29 is 40.9 Å². The minimum atomic E-state index is -3.66. The molecule has 13 nitrogen and oxygen atoms in total. The molecule has 1 fully saturated rings. The van der Waals surface area contributed by atoms with Crippen molar-refractivity contribution in [2.45, 2.75) is 69.5 Å². The van der Waals surface area contributed by atoms with Gasteiger partial charge in [-0.2, -0.15) is 0 Å². The highest BCUT2D eigenvalue weighted by Gasteiger charge is 2.45. The van der Waals surface area contributed by atoms with Crippen LogP contribution >= 0.6 is 8.60 Å². The van der Waals surface area contributed by atoms with Crippen LogP contribution in [-0.4, -0.2) is 69.0 Å².